The van der Waals surface area contributed by atoms with Crippen LogP contribution in [0.1, 0.15) is 44.9 Å². The molecule has 2 fully saturated rings. The molecule has 0 radical (unpaired) electrons. The van der Waals surface area contributed by atoms with Crippen molar-refractivity contribution in [2.45, 2.75) is 57.0 Å². The summed E-state index contributed by atoms with van der Waals surface area (Å²) in [4.78, 5) is 14.6. The summed E-state index contributed by atoms with van der Waals surface area (Å²) < 4.78 is 0. The van der Waals surface area contributed by atoms with Crippen molar-refractivity contribution in [3.05, 3.63) is 24.4 Å². The van der Waals surface area contributed by atoms with Crippen LogP contribution in [0.3, 0.4) is 0 Å². The number of nitrogens with zero attached hydrogens (tertiary/aromatic N) is 1. The Bertz CT molecular complexity index is 420. The van der Waals surface area contributed by atoms with E-state index in [2.05, 4.69) is 33.9 Å². The molecule has 0 aromatic carbocycles. The van der Waals surface area contributed by atoms with Crippen molar-refractivity contribution in [2.75, 3.05) is 19.6 Å². The van der Waals surface area contributed by atoms with Gasteiger partial charge in [-0.05, 0) is 50.8 Å². The minimum absolute atomic E-state index is 0.186. The van der Waals surface area contributed by atoms with Crippen molar-refractivity contribution in [1.82, 2.24) is 15.5 Å². The van der Waals surface area contributed by atoms with E-state index in [9.17, 15) is 4.79 Å². The van der Waals surface area contributed by atoms with Crippen LogP contribution in [0.15, 0.2) is 24.4 Å². The summed E-state index contributed by atoms with van der Waals surface area (Å²) in [5.74, 6) is 0.843. The smallest absolute Gasteiger partial charge is 0.239 e. The molecule has 1 unspecified atom stereocenters. The molecule has 0 spiro atoms. The average Bonchev–Trinajstić information content (AvgIpc) is 2.57. The summed E-state index contributed by atoms with van der Waals surface area (Å²) in [5, 5.41) is 6.66. The Morgan fingerprint density at radius 3 is 2.64 bits per heavy atom. The number of carbonyl (C=O) groups excluding carboxylic acids is 1. The summed E-state index contributed by atoms with van der Waals surface area (Å²) in [6.07, 6.45) is 17.1. The second kappa shape index (κ2) is 7.82. The maximum atomic E-state index is 12.4. The molecule has 2 N–H and O–H groups in total. The molecule has 1 atom stereocenters. The molecule has 4 nitrogen and oxygen atoms in total. The number of hydrogen-bond acceptors (Lipinski definition) is 3. The Morgan fingerprint density at radius 1 is 1.09 bits per heavy atom. The van der Waals surface area contributed by atoms with Crippen LogP contribution in [0.25, 0.3) is 0 Å². The maximum Gasteiger partial charge on any atom is 0.239 e. The predicted octanol–water partition coefficient (Wildman–Crippen LogP) is 2.19. The van der Waals surface area contributed by atoms with Gasteiger partial charge in [0.2, 0.25) is 5.91 Å². The Kier molecular flexibility index (Phi) is 5.54. The summed E-state index contributed by atoms with van der Waals surface area (Å²) in [6, 6.07) is 0.784. The van der Waals surface area contributed by atoms with Crippen molar-refractivity contribution in [2.24, 2.45) is 5.92 Å². The van der Waals surface area contributed by atoms with Gasteiger partial charge in [-0.3, -0.25) is 4.79 Å². The number of nitrogens with one attached hydrogen (secondary N) is 2. The van der Waals surface area contributed by atoms with Crippen LogP contribution in [0.4, 0.5) is 0 Å². The molecular formula is C18H29N3O. The SMILES string of the molecule is O=C(CN1C=CC=CC1C1CCNCC1)NC1CCCCC1. The lowest BCUT2D eigenvalue weighted by molar-refractivity contribution is -0.123. The molecular weight excluding hydrogens is 274 g/mol. The van der Waals surface area contributed by atoms with Gasteiger partial charge in [0.05, 0.1) is 12.6 Å². The minimum atomic E-state index is 0.186. The second-order valence-electron chi connectivity index (χ2n) is 6.88. The van der Waals surface area contributed by atoms with Crippen molar-refractivity contribution in [1.29, 1.82) is 0 Å². The van der Waals surface area contributed by atoms with E-state index >= 15 is 0 Å². The highest BCUT2D eigenvalue weighted by molar-refractivity contribution is 5.78. The monoisotopic (exact) mass is 303 g/mol. The van der Waals surface area contributed by atoms with Gasteiger partial charge in [-0.15, -0.1) is 0 Å². The largest absolute Gasteiger partial charge is 0.362 e. The van der Waals surface area contributed by atoms with Gasteiger partial charge in [-0.1, -0.05) is 31.4 Å². The highest BCUT2D eigenvalue weighted by Crippen LogP contribution is 2.24. The van der Waals surface area contributed by atoms with Gasteiger partial charge in [0.25, 0.3) is 0 Å². The molecule has 1 amide bonds. The Balaban J connectivity index is 1.53. The third-order valence-corrected chi connectivity index (χ3v) is 5.24. The number of hydrogen-bond donors (Lipinski definition) is 2. The molecule has 1 saturated carbocycles. The molecule has 3 rings (SSSR count). The zero-order valence-corrected chi connectivity index (χ0v) is 13.5. The number of rotatable bonds is 4. The predicted molar refractivity (Wildman–Crippen MR) is 89.4 cm³/mol. The first-order chi connectivity index (χ1) is 10.8. The lowest BCUT2D eigenvalue weighted by atomic mass is 9.88. The van der Waals surface area contributed by atoms with Crippen LogP contribution in [-0.4, -0.2) is 42.5 Å². The van der Waals surface area contributed by atoms with Gasteiger partial charge >= 0.3 is 0 Å². The van der Waals surface area contributed by atoms with E-state index in [1.165, 1.54) is 32.1 Å². The van der Waals surface area contributed by atoms with E-state index in [4.69, 9.17) is 0 Å². The molecule has 0 aromatic heterocycles. The fourth-order valence-electron chi connectivity index (χ4n) is 4.01. The third-order valence-electron chi connectivity index (χ3n) is 5.24. The fraction of sp³-hybridized carbons (Fsp3) is 0.722. The molecule has 2 heterocycles. The zero-order chi connectivity index (χ0) is 15.2. The van der Waals surface area contributed by atoms with Crippen LogP contribution < -0.4 is 10.6 Å². The lowest BCUT2D eigenvalue weighted by Crippen LogP contribution is -2.47. The standard InChI is InChI=1S/C18H29N3O/c22-18(20-16-6-2-1-3-7-16)14-21-13-5-4-8-17(21)15-9-11-19-12-10-15/h4-5,8,13,15-17,19H,1-3,6-7,9-12,14H2,(H,20,22). The molecule has 0 bridgehead atoms. The van der Waals surface area contributed by atoms with E-state index in [0.717, 1.165) is 25.9 Å². The van der Waals surface area contributed by atoms with Crippen molar-refractivity contribution in [3.8, 4) is 0 Å². The number of allylic oxidation sites excluding steroid dienone is 2. The van der Waals surface area contributed by atoms with Crippen molar-refractivity contribution in [3.63, 3.8) is 0 Å². The molecule has 3 aliphatic rings. The molecule has 2 aliphatic heterocycles. The average molecular weight is 303 g/mol. The Labute approximate surface area is 134 Å². The van der Waals surface area contributed by atoms with E-state index in [0.29, 0.717) is 24.5 Å². The molecule has 1 saturated heterocycles. The van der Waals surface area contributed by atoms with Crippen molar-refractivity contribution >= 4 is 5.91 Å². The zero-order valence-electron chi connectivity index (χ0n) is 13.5. The van der Waals surface area contributed by atoms with E-state index in [1.807, 2.05) is 6.08 Å². The van der Waals surface area contributed by atoms with E-state index < -0.39 is 0 Å². The van der Waals surface area contributed by atoms with Crippen LogP contribution in [-0.2, 0) is 4.79 Å². The lowest BCUT2D eigenvalue weighted by Gasteiger charge is -2.38. The van der Waals surface area contributed by atoms with E-state index in [1.54, 1.807) is 0 Å². The van der Waals surface area contributed by atoms with Gasteiger partial charge in [-0.25, -0.2) is 0 Å². The van der Waals surface area contributed by atoms with Gasteiger partial charge in [0, 0.05) is 12.2 Å². The minimum Gasteiger partial charge on any atom is -0.362 e. The van der Waals surface area contributed by atoms with Gasteiger partial charge in [0.1, 0.15) is 0 Å². The summed E-state index contributed by atoms with van der Waals surface area (Å²) in [7, 11) is 0. The van der Waals surface area contributed by atoms with Crippen molar-refractivity contribution < 1.29 is 4.79 Å². The van der Waals surface area contributed by atoms with Gasteiger partial charge < -0.3 is 15.5 Å². The Hall–Kier alpha value is -1.29. The first kappa shape index (κ1) is 15.6. The van der Waals surface area contributed by atoms with Crippen LogP contribution in [0.2, 0.25) is 0 Å². The van der Waals surface area contributed by atoms with E-state index in [-0.39, 0.29) is 5.91 Å². The van der Waals surface area contributed by atoms with Crippen LogP contribution >= 0.6 is 0 Å². The molecule has 1 aliphatic carbocycles. The van der Waals surface area contributed by atoms with Gasteiger partial charge in [-0.2, -0.15) is 0 Å². The molecule has 4 heteroatoms. The number of amides is 1. The Morgan fingerprint density at radius 2 is 1.86 bits per heavy atom. The topological polar surface area (TPSA) is 44.4 Å². The first-order valence-corrected chi connectivity index (χ1v) is 8.94. The number of carbonyl (C=O) groups is 1. The van der Waals surface area contributed by atoms with Crippen LogP contribution in [0, 0.1) is 5.92 Å². The fourth-order valence-corrected chi connectivity index (χ4v) is 4.01. The summed E-state index contributed by atoms with van der Waals surface area (Å²) in [6.45, 7) is 2.69. The maximum absolute atomic E-state index is 12.4. The quantitative estimate of drug-likeness (QED) is 0.837. The number of piperidine rings is 1. The normalized spacial score (nSPS) is 27.1. The summed E-state index contributed by atoms with van der Waals surface area (Å²) in [5.41, 5.74) is 0. The highest BCUT2D eigenvalue weighted by atomic mass is 16.2. The second-order valence-corrected chi connectivity index (χ2v) is 6.88. The summed E-state index contributed by atoms with van der Waals surface area (Å²) >= 11 is 0. The molecule has 122 valence electrons. The highest BCUT2D eigenvalue weighted by Gasteiger charge is 2.28. The third kappa shape index (κ3) is 4.13. The molecule has 22 heavy (non-hydrogen) atoms. The first-order valence-electron chi connectivity index (χ1n) is 8.94. The van der Waals surface area contributed by atoms with Crippen LogP contribution in [0.5, 0.6) is 0 Å². The molecule has 0 aromatic rings. The van der Waals surface area contributed by atoms with Gasteiger partial charge in [0.15, 0.2) is 0 Å².